The van der Waals surface area contributed by atoms with E-state index in [-0.39, 0.29) is 23.8 Å². The molecule has 1 aliphatic heterocycles. The third-order valence-corrected chi connectivity index (χ3v) is 4.62. The lowest BCUT2D eigenvalue weighted by molar-refractivity contribution is -0.138. The van der Waals surface area contributed by atoms with Crippen molar-refractivity contribution in [1.82, 2.24) is 10.2 Å². The van der Waals surface area contributed by atoms with E-state index in [2.05, 4.69) is 28.2 Å². The number of nitrogens with zero attached hydrogens (tertiary/aromatic N) is 1. The second-order valence-electron chi connectivity index (χ2n) is 5.43. The van der Waals surface area contributed by atoms with Crippen LogP contribution in [0.5, 0.6) is 0 Å². The van der Waals surface area contributed by atoms with Crippen LogP contribution in [0.1, 0.15) is 38.3 Å². The molecule has 2 unspecified atom stereocenters. The average Bonchev–Trinajstić information content (AvgIpc) is 2.90. The summed E-state index contributed by atoms with van der Waals surface area (Å²) in [5, 5.41) is 2.74. The van der Waals surface area contributed by atoms with Gasteiger partial charge >= 0.3 is 0 Å². The van der Waals surface area contributed by atoms with Crippen LogP contribution in [0.25, 0.3) is 0 Å². The van der Waals surface area contributed by atoms with Crippen LogP contribution in [0.4, 0.5) is 0 Å². The third-order valence-electron chi connectivity index (χ3n) is 3.90. The second kappa shape index (κ2) is 7.07. The number of hydrogen-bond acceptors (Lipinski definition) is 2. The van der Waals surface area contributed by atoms with Gasteiger partial charge in [-0.15, -0.1) is 0 Å². The monoisotopic (exact) mass is 352 g/mol. The first-order valence-electron chi connectivity index (χ1n) is 7.36. The Hall–Kier alpha value is -1.36. The number of benzene rings is 1. The molecular formula is C16H21BrN2O2. The minimum Gasteiger partial charge on any atom is -0.355 e. The first-order valence-corrected chi connectivity index (χ1v) is 8.15. The van der Waals surface area contributed by atoms with Crippen LogP contribution in [0.15, 0.2) is 28.7 Å². The molecule has 1 aromatic rings. The predicted octanol–water partition coefficient (Wildman–Crippen LogP) is 2.88. The fraction of sp³-hybridized carbons (Fsp3) is 0.500. The zero-order chi connectivity index (χ0) is 15.4. The summed E-state index contributed by atoms with van der Waals surface area (Å²) in [4.78, 5) is 26.0. The maximum absolute atomic E-state index is 12.7. The topological polar surface area (TPSA) is 49.4 Å². The number of nitrogens with one attached hydrogen (secondary N) is 1. The Morgan fingerprint density at radius 1 is 1.48 bits per heavy atom. The summed E-state index contributed by atoms with van der Waals surface area (Å²) >= 11 is 3.55. The quantitative estimate of drug-likeness (QED) is 0.885. The number of carbonyl (C=O) groups is 2. The fourth-order valence-electron chi connectivity index (χ4n) is 2.73. The van der Waals surface area contributed by atoms with Gasteiger partial charge in [0.05, 0.1) is 12.0 Å². The number of halogens is 1. The molecule has 0 radical (unpaired) electrons. The summed E-state index contributed by atoms with van der Waals surface area (Å²) in [7, 11) is 0. The van der Waals surface area contributed by atoms with E-state index in [4.69, 9.17) is 0 Å². The Bertz CT molecular complexity index is 533. The molecule has 0 aromatic heterocycles. The molecule has 0 bridgehead atoms. The Morgan fingerprint density at radius 2 is 2.19 bits per heavy atom. The van der Waals surface area contributed by atoms with Crippen LogP contribution in [0.2, 0.25) is 0 Å². The smallest absolute Gasteiger partial charge is 0.228 e. The lowest BCUT2D eigenvalue weighted by Crippen LogP contribution is -2.39. The van der Waals surface area contributed by atoms with Crippen molar-refractivity contribution in [1.29, 1.82) is 0 Å². The van der Waals surface area contributed by atoms with Gasteiger partial charge in [0, 0.05) is 24.0 Å². The highest BCUT2D eigenvalue weighted by molar-refractivity contribution is 9.10. The van der Waals surface area contributed by atoms with Crippen molar-refractivity contribution in [3.8, 4) is 0 Å². The van der Waals surface area contributed by atoms with Crippen molar-refractivity contribution < 1.29 is 9.59 Å². The maximum Gasteiger partial charge on any atom is 0.228 e. The molecule has 1 fully saturated rings. The zero-order valence-electron chi connectivity index (χ0n) is 12.4. The number of rotatable bonds is 5. The van der Waals surface area contributed by atoms with Crippen molar-refractivity contribution in [2.45, 2.75) is 32.7 Å². The van der Waals surface area contributed by atoms with E-state index in [0.29, 0.717) is 19.5 Å². The number of carbonyl (C=O) groups excluding carboxylic acids is 2. The van der Waals surface area contributed by atoms with E-state index in [0.717, 1.165) is 16.5 Å². The van der Waals surface area contributed by atoms with Gasteiger partial charge < -0.3 is 10.2 Å². The van der Waals surface area contributed by atoms with Crippen LogP contribution in [-0.4, -0.2) is 29.8 Å². The average molecular weight is 353 g/mol. The number of amides is 2. The fourth-order valence-corrected chi connectivity index (χ4v) is 3.35. The highest BCUT2D eigenvalue weighted by Crippen LogP contribution is 2.29. The van der Waals surface area contributed by atoms with Crippen LogP contribution >= 0.6 is 15.9 Å². The summed E-state index contributed by atoms with van der Waals surface area (Å²) in [6.07, 6.45) is 1.20. The zero-order valence-corrected chi connectivity index (χ0v) is 14.0. The predicted molar refractivity (Wildman–Crippen MR) is 85.7 cm³/mol. The molecule has 1 aliphatic rings. The van der Waals surface area contributed by atoms with Crippen molar-refractivity contribution in [3.05, 3.63) is 34.3 Å². The molecule has 2 rings (SSSR count). The molecule has 2 atom stereocenters. The van der Waals surface area contributed by atoms with Gasteiger partial charge in [0.1, 0.15) is 0 Å². The van der Waals surface area contributed by atoms with Gasteiger partial charge in [0.15, 0.2) is 0 Å². The van der Waals surface area contributed by atoms with Gasteiger partial charge in [-0.25, -0.2) is 0 Å². The van der Waals surface area contributed by atoms with E-state index in [1.54, 1.807) is 0 Å². The molecule has 1 saturated heterocycles. The summed E-state index contributed by atoms with van der Waals surface area (Å²) in [5.74, 6) is -0.189. The minimum atomic E-state index is -0.228. The van der Waals surface area contributed by atoms with Gasteiger partial charge in [-0.2, -0.15) is 0 Å². The summed E-state index contributed by atoms with van der Waals surface area (Å²) < 4.78 is 1.01. The van der Waals surface area contributed by atoms with Gasteiger partial charge in [-0.1, -0.05) is 41.1 Å². The molecule has 21 heavy (non-hydrogen) atoms. The molecule has 0 spiro atoms. The van der Waals surface area contributed by atoms with Gasteiger partial charge in [0.2, 0.25) is 11.8 Å². The SMILES string of the molecule is CCCN(C(=O)C1CNC(=O)C1)C(C)c1ccccc1Br. The van der Waals surface area contributed by atoms with E-state index >= 15 is 0 Å². The standard InChI is InChI=1S/C16H21BrN2O2/c1-3-8-19(16(21)12-9-15(20)18-10-12)11(2)13-6-4-5-7-14(13)17/h4-7,11-12H,3,8-10H2,1-2H3,(H,18,20). The molecule has 1 heterocycles. The highest BCUT2D eigenvalue weighted by atomic mass is 79.9. The first kappa shape index (κ1) is 16.0. The van der Waals surface area contributed by atoms with E-state index in [9.17, 15) is 9.59 Å². The highest BCUT2D eigenvalue weighted by Gasteiger charge is 2.33. The Labute approximate surface area is 134 Å². The Morgan fingerprint density at radius 3 is 2.76 bits per heavy atom. The van der Waals surface area contributed by atoms with E-state index in [1.807, 2.05) is 36.1 Å². The molecule has 114 valence electrons. The molecule has 0 saturated carbocycles. The van der Waals surface area contributed by atoms with Gasteiger partial charge in [-0.05, 0) is 25.0 Å². The van der Waals surface area contributed by atoms with E-state index in [1.165, 1.54) is 0 Å². The van der Waals surface area contributed by atoms with Crippen molar-refractivity contribution in [2.24, 2.45) is 5.92 Å². The molecule has 1 N–H and O–H groups in total. The van der Waals surface area contributed by atoms with Crippen molar-refractivity contribution in [3.63, 3.8) is 0 Å². The second-order valence-corrected chi connectivity index (χ2v) is 6.29. The maximum atomic E-state index is 12.7. The molecule has 1 aromatic carbocycles. The minimum absolute atomic E-state index is 0.0104. The van der Waals surface area contributed by atoms with Crippen LogP contribution in [0.3, 0.4) is 0 Å². The third kappa shape index (κ3) is 3.64. The van der Waals surface area contributed by atoms with Crippen LogP contribution < -0.4 is 5.32 Å². The number of hydrogen-bond donors (Lipinski definition) is 1. The largest absolute Gasteiger partial charge is 0.355 e. The summed E-state index contributed by atoms with van der Waals surface area (Å²) in [5.41, 5.74) is 1.09. The van der Waals surface area contributed by atoms with E-state index < -0.39 is 0 Å². The first-order chi connectivity index (χ1) is 10.0. The molecule has 5 heteroatoms. The molecule has 0 aliphatic carbocycles. The van der Waals surface area contributed by atoms with Crippen LogP contribution in [-0.2, 0) is 9.59 Å². The van der Waals surface area contributed by atoms with Crippen molar-refractivity contribution in [2.75, 3.05) is 13.1 Å². The van der Waals surface area contributed by atoms with Gasteiger partial charge in [-0.3, -0.25) is 9.59 Å². The summed E-state index contributed by atoms with van der Waals surface area (Å²) in [6.45, 7) is 5.26. The van der Waals surface area contributed by atoms with Crippen molar-refractivity contribution >= 4 is 27.7 Å². The Balaban J connectivity index is 2.20. The summed E-state index contributed by atoms with van der Waals surface area (Å²) in [6, 6.07) is 7.95. The molecule has 2 amide bonds. The molecule has 4 nitrogen and oxygen atoms in total. The Kier molecular flexibility index (Phi) is 5.39. The molecular weight excluding hydrogens is 332 g/mol. The lowest BCUT2D eigenvalue weighted by Gasteiger charge is -2.31. The normalized spacial score (nSPS) is 19.2. The van der Waals surface area contributed by atoms with Gasteiger partial charge in [0.25, 0.3) is 0 Å². The van der Waals surface area contributed by atoms with Crippen LogP contribution in [0, 0.1) is 5.92 Å². The lowest BCUT2D eigenvalue weighted by atomic mass is 10.0.